The zero-order valence-corrected chi connectivity index (χ0v) is 22.2. The van der Waals surface area contributed by atoms with E-state index in [1.807, 2.05) is 27.7 Å². The minimum absolute atomic E-state index is 0.0499. The quantitative estimate of drug-likeness (QED) is 0.369. The van der Waals surface area contributed by atoms with Crippen molar-refractivity contribution < 1.29 is 36.2 Å². The molecular formula is C27H27F5N4O4. The molecule has 1 fully saturated rings. The SMILES string of the molecule is CC(C)c1c(OCc2cc(F)c(Oc3ccnc(C(F)(F)F)c3)c(F)c2)nc(=O)n2c1N1C[C@H](C)OC[C@@]1(C)C2. The Hall–Kier alpha value is -3.74. The van der Waals surface area contributed by atoms with Gasteiger partial charge in [0.05, 0.1) is 30.4 Å². The highest BCUT2D eigenvalue weighted by atomic mass is 19.4. The van der Waals surface area contributed by atoms with E-state index in [0.717, 1.165) is 24.4 Å². The van der Waals surface area contributed by atoms with Gasteiger partial charge in [-0.05, 0) is 43.5 Å². The maximum absolute atomic E-state index is 14.8. The fourth-order valence-corrected chi connectivity index (χ4v) is 5.02. The van der Waals surface area contributed by atoms with Gasteiger partial charge in [0.25, 0.3) is 0 Å². The number of nitrogens with zero attached hydrogens (tertiary/aromatic N) is 4. The van der Waals surface area contributed by atoms with E-state index in [2.05, 4.69) is 14.9 Å². The van der Waals surface area contributed by atoms with Crippen molar-refractivity contribution in [1.82, 2.24) is 14.5 Å². The summed E-state index contributed by atoms with van der Waals surface area (Å²) in [6.07, 6.45) is -3.97. The van der Waals surface area contributed by atoms with E-state index < -0.39 is 46.2 Å². The maximum Gasteiger partial charge on any atom is 0.433 e. The van der Waals surface area contributed by atoms with Gasteiger partial charge >= 0.3 is 11.9 Å². The monoisotopic (exact) mass is 566 g/mol. The zero-order valence-electron chi connectivity index (χ0n) is 22.2. The van der Waals surface area contributed by atoms with Gasteiger partial charge in [-0.3, -0.25) is 9.55 Å². The predicted molar refractivity (Wildman–Crippen MR) is 134 cm³/mol. The molecule has 8 nitrogen and oxygen atoms in total. The Bertz CT molecular complexity index is 1490. The van der Waals surface area contributed by atoms with Crippen molar-refractivity contribution in [2.45, 2.75) is 64.6 Å². The number of alkyl halides is 3. The van der Waals surface area contributed by atoms with Crippen molar-refractivity contribution in [3.8, 4) is 17.4 Å². The van der Waals surface area contributed by atoms with Crippen molar-refractivity contribution in [2.75, 3.05) is 18.1 Å². The molecular weight excluding hydrogens is 539 g/mol. The molecule has 2 aromatic heterocycles. The fraction of sp³-hybridized carbons (Fsp3) is 0.444. The van der Waals surface area contributed by atoms with Crippen LogP contribution in [-0.4, -0.2) is 39.3 Å². The number of pyridine rings is 1. The molecule has 5 rings (SSSR count). The molecule has 0 amide bonds. The third-order valence-electron chi connectivity index (χ3n) is 6.93. The minimum Gasteiger partial charge on any atom is -0.472 e. The molecule has 0 unspecified atom stereocenters. The highest BCUT2D eigenvalue weighted by Crippen LogP contribution is 2.43. The van der Waals surface area contributed by atoms with Gasteiger partial charge < -0.3 is 19.1 Å². The van der Waals surface area contributed by atoms with Gasteiger partial charge in [0.15, 0.2) is 17.4 Å². The topological polar surface area (TPSA) is 78.7 Å². The lowest BCUT2D eigenvalue weighted by molar-refractivity contribution is -0.141. The molecule has 4 heterocycles. The number of hydrogen-bond donors (Lipinski definition) is 0. The first kappa shape index (κ1) is 27.8. The normalized spacial score (nSPS) is 20.4. The summed E-state index contributed by atoms with van der Waals surface area (Å²) in [7, 11) is 0. The van der Waals surface area contributed by atoms with Gasteiger partial charge in [-0.1, -0.05) is 13.8 Å². The molecule has 214 valence electrons. The van der Waals surface area contributed by atoms with E-state index in [0.29, 0.717) is 37.1 Å². The van der Waals surface area contributed by atoms with Crippen LogP contribution in [0.5, 0.6) is 17.4 Å². The summed E-state index contributed by atoms with van der Waals surface area (Å²) in [5.74, 6) is -2.94. The number of rotatable bonds is 6. The average molecular weight is 567 g/mol. The van der Waals surface area contributed by atoms with Crippen LogP contribution in [0.2, 0.25) is 0 Å². The summed E-state index contributed by atoms with van der Waals surface area (Å²) in [6, 6.07) is 3.49. The van der Waals surface area contributed by atoms with Crippen molar-refractivity contribution in [1.29, 1.82) is 0 Å². The van der Waals surface area contributed by atoms with Gasteiger partial charge in [-0.25, -0.2) is 13.6 Å². The average Bonchev–Trinajstić information content (AvgIpc) is 3.17. The molecule has 2 atom stereocenters. The van der Waals surface area contributed by atoms with Gasteiger partial charge in [0, 0.05) is 18.8 Å². The molecule has 2 aliphatic heterocycles. The standard InChI is InChI=1S/C27H27F5N4O4/c1-14(2)21-23(34-25(37)35-12-26(4)13-39-15(3)10-36(26)24(21)35)38-11-16-7-18(28)22(19(29)8-16)40-17-5-6-33-20(9-17)27(30,31)32/h5-9,14-15H,10-13H2,1-4H3/t15-,26+/m0/s1. The van der Waals surface area contributed by atoms with Gasteiger partial charge in [-0.15, -0.1) is 0 Å². The van der Waals surface area contributed by atoms with Crippen LogP contribution in [-0.2, 0) is 24.1 Å². The molecule has 0 bridgehead atoms. The molecule has 0 aliphatic carbocycles. The minimum atomic E-state index is -4.75. The second-order valence-corrected chi connectivity index (χ2v) is 10.6. The molecule has 0 spiro atoms. The molecule has 1 saturated heterocycles. The second kappa shape index (κ2) is 10.0. The summed E-state index contributed by atoms with van der Waals surface area (Å²) < 4.78 is 86.8. The summed E-state index contributed by atoms with van der Waals surface area (Å²) in [5.41, 5.74) is -1.44. The molecule has 0 radical (unpaired) electrons. The van der Waals surface area contributed by atoms with E-state index in [1.165, 1.54) is 0 Å². The highest BCUT2D eigenvalue weighted by Gasteiger charge is 2.47. The first-order valence-electron chi connectivity index (χ1n) is 12.6. The van der Waals surface area contributed by atoms with Crippen LogP contribution in [0, 0.1) is 11.6 Å². The Labute approximate surface area is 226 Å². The molecule has 0 saturated carbocycles. The summed E-state index contributed by atoms with van der Waals surface area (Å²) in [5, 5.41) is 0. The van der Waals surface area contributed by atoms with Crippen molar-refractivity contribution in [3.05, 3.63) is 69.4 Å². The number of ether oxygens (including phenoxy) is 3. The van der Waals surface area contributed by atoms with E-state index in [4.69, 9.17) is 14.2 Å². The molecule has 13 heteroatoms. The summed E-state index contributed by atoms with van der Waals surface area (Å²) >= 11 is 0. The van der Waals surface area contributed by atoms with Crippen LogP contribution in [0.15, 0.2) is 35.3 Å². The van der Waals surface area contributed by atoms with Crippen LogP contribution in [0.4, 0.5) is 27.8 Å². The summed E-state index contributed by atoms with van der Waals surface area (Å²) in [4.78, 5) is 22.5. The number of halogens is 5. The second-order valence-electron chi connectivity index (χ2n) is 10.6. The largest absolute Gasteiger partial charge is 0.472 e. The molecule has 1 aromatic carbocycles. The van der Waals surface area contributed by atoms with Crippen LogP contribution >= 0.6 is 0 Å². The Morgan fingerprint density at radius 3 is 2.55 bits per heavy atom. The van der Waals surface area contributed by atoms with Crippen LogP contribution in [0.25, 0.3) is 0 Å². The third kappa shape index (κ3) is 5.09. The lowest BCUT2D eigenvalue weighted by Gasteiger charge is -2.43. The smallest absolute Gasteiger partial charge is 0.433 e. The highest BCUT2D eigenvalue weighted by molar-refractivity contribution is 5.59. The van der Waals surface area contributed by atoms with Crippen LogP contribution in [0.1, 0.15) is 50.4 Å². The Morgan fingerprint density at radius 2 is 1.90 bits per heavy atom. The summed E-state index contributed by atoms with van der Waals surface area (Å²) in [6.45, 7) is 8.92. The van der Waals surface area contributed by atoms with E-state index in [-0.39, 0.29) is 30.1 Å². The Balaban J connectivity index is 1.41. The van der Waals surface area contributed by atoms with E-state index >= 15 is 0 Å². The molecule has 40 heavy (non-hydrogen) atoms. The fourth-order valence-electron chi connectivity index (χ4n) is 5.02. The first-order chi connectivity index (χ1) is 18.8. The number of aromatic nitrogens is 3. The zero-order chi connectivity index (χ0) is 29.0. The van der Waals surface area contributed by atoms with Crippen molar-refractivity contribution in [3.63, 3.8) is 0 Å². The van der Waals surface area contributed by atoms with Crippen LogP contribution in [0.3, 0.4) is 0 Å². The Morgan fingerprint density at radius 1 is 1.20 bits per heavy atom. The molecule has 0 N–H and O–H groups in total. The first-order valence-corrected chi connectivity index (χ1v) is 12.6. The number of anilines is 1. The van der Waals surface area contributed by atoms with Crippen molar-refractivity contribution >= 4 is 5.82 Å². The number of morpholine rings is 1. The van der Waals surface area contributed by atoms with E-state index in [9.17, 15) is 26.7 Å². The molecule has 2 aliphatic rings. The maximum atomic E-state index is 14.8. The van der Waals surface area contributed by atoms with Crippen LogP contribution < -0.4 is 20.1 Å². The number of hydrogen-bond acceptors (Lipinski definition) is 7. The lowest BCUT2D eigenvalue weighted by atomic mass is 9.99. The van der Waals surface area contributed by atoms with Crippen molar-refractivity contribution in [2.24, 2.45) is 0 Å². The third-order valence-corrected chi connectivity index (χ3v) is 6.93. The van der Waals surface area contributed by atoms with Gasteiger partial charge in [-0.2, -0.15) is 18.2 Å². The number of fused-ring (bicyclic) bond motifs is 3. The number of benzene rings is 1. The predicted octanol–water partition coefficient (Wildman–Crippen LogP) is 5.43. The molecule has 3 aromatic rings. The Kier molecular flexibility index (Phi) is 6.97. The lowest BCUT2D eigenvalue weighted by Crippen LogP contribution is -2.56. The van der Waals surface area contributed by atoms with Gasteiger partial charge in [0.1, 0.15) is 23.9 Å². The van der Waals surface area contributed by atoms with Gasteiger partial charge in [0.2, 0.25) is 5.88 Å². The van der Waals surface area contributed by atoms with E-state index in [1.54, 1.807) is 4.57 Å².